The maximum Gasteiger partial charge on any atom is 0.191 e. The van der Waals surface area contributed by atoms with Crippen LogP contribution in [0.15, 0.2) is 4.99 Å². The number of halogens is 1. The van der Waals surface area contributed by atoms with Gasteiger partial charge in [0.2, 0.25) is 0 Å². The number of nitrogens with one attached hydrogen (secondary N) is 2. The molecule has 0 aromatic heterocycles. The molecule has 1 saturated heterocycles. The Morgan fingerprint density at radius 1 is 1.33 bits per heavy atom. The predicted molar refractivity (Wildman–Crippen MR) is 111 cm³/mol. The fourth-order valence-electron chi connectivity index (χ4n) is 2.97. The molecule has 0 aliphatic carbocycles. The third-order valence-electron chi connectivity index (χ3n) is 4.08. The van der Waals surface area contributed by atoms with Gasteiger partial charge in [0.1, 0.15) is 0 Å². The number of aliphatic hydroxyl groups excluding tert-OH is 1. The quantitative estimate of drug-likeness (QED) is 0.268. The molecule has 0 radical (unpaired) electrons. The highest BCUT2D eigenvalue weighted by Crippen LogP contribution is 2.17. The third-order valence-corrected chi connectivity index (χ3v) is 5.92. The van der Waals surface area contributed by atoms with Gasteiger partial charge in [0.15, 0.2) is 15.8 Å². The first-order valence-electron chi connectivity index (χ1n) is 8.69. The van der Waals surface area contributed by atoms with Gasteiger partial charge in [-0.25, -0.2) is 8.42 Å². The van der Waals surface area contributed by atoms with Crippen LogP contribution in [0.25, 0.3) is 0 Å². The van der Waals surface area contributed by atoms with Gasteiger partial charge in [0.05, 0.1) is 11.5 Å². The highest BCUT2D eigenvalue weighted by atomic mass is 127. The van der Waals surface area contributed by atoms with E-state index in [4.69, 9.17) is 0 Å². The molecule has 6 nitrogen and oxygen atoms in total. The van der Waals surface area contributed by atoms with Gasteiger partial charge in [-0.15, -0.1) is 24.0 Å². The lowest BCUT2D eigenvalue weighted by Gasteiger charge is -2.18. The standard InChI is InChI=1S/C16H33N3O3S.HI/c1-4-17-16(18-10-14(5-7-20)9-13(2)3)19-11-15-6-8-23(21,22)12-15;/h13-15,20H,4-12H2,1-3H3,(H2,17,18,19);1H. The van der Waals surface area contributed by atoms with Crippen molar-refractivity contribution >= 4 is 39.8 Å². The van der Waals surface area contributed by atoms with Gasteiger partial charge >= 0.3 is 0 Å². The average Bonchev–Trinajstić information content (AvgIpc) is 2.81. The second kappa shape index (κ2) is 12.3. The minimum atomic E-state index is -2.83. The molecule has 0 bridgehead atoms. The first-order chi connectivity index (χ1) is 10.9. The molecule has 1 aliphatic heterocycles. The van der Waals surface area contributed by atoms with E-state index in [1.165, 1.54) is 0 Å². The second-order valence-corrected chi connectivity index (χ2v) is 9.11. The van der Waals surface area contributed by atoms with E-state index in [1.54, 1.807) is 0 Å². The van der Waals surface area contributed by atoms with E-state index in [-0.39, 0.29) is 42.3 Å². The number of rotatable bonds is 9. The topological polar surface area (TPSA) is 90.8 Å². The van der Waals surface area contributed by atoms with Gasteiger partial charge in [-0.05, 0) is 43.9 Å². The molecule has 1 fully saturated rings. The Kier molecular flexibility index (Phi) is 12.2. The van der Waals surface area contributed by atoms with E-state index in [9.17, 15) is 13.5 Å². The molecular weight excluding hydrogens is 441 g/mol. The summed E-state index contributed by atoms with van der Waals surface area (Å²) in [5, 5.41) is 15.6. The van der Waals surface area contributed by atoms with Gasteiger partial charge < -0.3 is 15.7 Å². The van der Waals surface area contributed by atoms with Crippen LogP contribution in [0.1, 0.15) is 40.0 Å². The molecular formula is C16H34IN3O3S. The highest BCUT2D eigenvalue weighted by Gasteiger charge is 2.27. The fraction of sp³-hybridized carbons (Fsp3) is 0.938. The molecule has 0 aromatic carbocycles. The van der Waals surface area contributed by atoms with Crippen molar-refractivity contribution < 1.29 is 13.5 Å². The van der Waals surface area contributed by atoms with Crippen LogP contribution in [-0.2, 0) is 9.84 Å². The molecule has 0 amide bonds. The Morgan fingerprint density at radius 3 is 2.54 bits per heavy atom. The van der Waals surface area contributed by atoms with Crippen molar-refractivity contribution in [2.75, 3.05) is 37.7 Å². The zero-order valence-electron chi connectivity index (χ0n) is 15.1. The molecule has 0 spiro atoms. The summed E-state index contributed by atoms with van der Waals surface area (Å²) in [6.07, 6.45) is 2.54. The average molecular weight is 475 g/mol. The summed E-state index contributed by atoms with van der Waals surface area (Å²) in [5.74, 6) is 2.46. The van der Waals surface area contributed by atoms with Crippen molar-refractivity contribution in [2.24, 2.45) is 22.7 Å². The van der Waals surface area contributed by atoms with Gasteiger partial charge in [-0.2, -0.15) is 0 Å². The molecule has 0 saturated carbocycles. The summed E-state index contributed by atoms with van der Waals surface area (Å²) in [7, 11) is -2.83. The van der Waals surface area contributed by atoms with Crippen LogP contribution in [0.2, 0.25) is 0 Å². The predicted octanol–water partition coefficient (Wildman–Crippen LogP) is 1.64. The molecule has 3 N–H and O–H groups in total. The van der Waals surface area contributed by atoms with E-state index >= 15 is 0 Å². The molecule has 144 valence electrons. The first-order valence-corrected chi connectivity index (χ1v) is 10.5. The highest BCUT2D eigenvalue weighted by molar-refractivity contribution is 14.0. The number of aliphatic imine (C=N–C) groups is 1. The number of aliphatic hydroxyl groups is 1. The van der Waals surface area contributed by atoms with Crippen LogP contribution >= 0.6 is 24.0 Å². The lowest BCUT2D eigenvalue weighted by molar-refractivity contribution is 0.245. The van der Waals surface area contributed by atoms with E-state index < -0.39 is 9.84 Å². The van der Waals surface area contributed by atoms with Gasteiger partial charge in [-0.3, -0.25) is 4.99 Å². The minimum absolute atomic E-state index is 0. The molecule has 1 rings (SSSR count). The molecule has 2 atom stereocenters. The SMILES string of the molecule is CCNC(=NCC(CCO)CC(C)C)NCC1CCS(=O)(=O)C1.I. The van der Waals surface area contributed by atoms with Crippen molar-refractivity contribution in [2.45, 2.75) is 40.0 Å². The first kappa shape index (κ1) is 23.9. The third kappa shape index (κ3) is 10.0. The smallest absolute Gasteiger partial charge is 0.191 e. The minimum Gasteiger partial charge on any atom is -0.396 e. The van der Waals surface area contributed by atoms with Gasteiger partial charge in [0, 0.05) is 26.2 Å². The zero-order valence-corrected chi connectivity index (χ0v) is 18.3. The van der Waals surface area contributed by atoms with Gasteiger partial charge in [0.25, 0.3) is 0 Å². The van der Waals surface area contributed by atoms with Crippen molar-refractivity contribution in [3.8, 4) is 0 Å². The summed E-state index contributed by atoms with van der Waals surface area (Å²) in [4.78, 5) is 4.62. The fourth-order valence-corrected chi connectivity index (χ4v) is 4.83. The van der Waals surface area contributed by atoms with Crippen LogP contribution in [0, 0.1) is 17.8 Å². The van der Waals surface area contributed by atoms with E-state index in [0.29, 0.717) is 30.7 Å². The lowest BCUT2D eigenvalue weighted by atomic mass is 9.94. The Morgan fingerprint density at radius 2 is 2.04 bits per heavy atom. The number of sulfone groups is 1. The Balaban J connectivity index is 0.00000529. The van der Waals surface area contributed by atoms with E-state index in [1.807, 2.05) is 6.92 Å². The Bertz CT molecular complexity index is 469. The maximum absolute atomic E-state index is 11.5. The summed E-state index contributed by atoms with van der Waals surface area (Å²) in [6, 6.07) is 0. The molecule has 2 unspecified atom stereocenters. The van der Waals surface area contributed by atoms with Crippen LogP contribution in [0.3, 0.4) is 0 Å². The largest absolute Gasteiger partial charge is 0.396 e. The number of nitrogens with zero attached hydrogens (tertiary/aromatic N) is 1. The summed E-state index contributed by atoms with van der Waals surface area (Å²) < 4.78 is 23.0. The molecule has 0 aromatic rings. The number of guanidine groups is 1. The number of hydrogen-bond donors (Lipinski definition) is 3. The molecule has 1 aliphatic rings. The Labute approximate surface area is 164 Å². The Hall–Kier alpha value is -0.0900. The molecule has 1 heterocycles. The van der Waals surface area contributed by atoms with Gasteiger partial charge in [-0.1, -0.05) is 13.8 Å². The maximum atomic E-state index is 11.5. The molecule has 24 heavy (non-hydrogen) atoms. The van der Waals surface area contributed by atoms with Crippen molar-refractivity contribution in [1.29, 1.82) is 0 Å². The van der Waals surface area contributed by atoms with Crippen molar-refractivity contribution in [3.63, 3.8) is 0 Å². The van der Waals surface area contributed by atoms with Crippen LogP contribution < -0.4 is 10.6 Å². The summed E-state index contributed by atoms with van der Waals surface area (Å²) in [5.41, 5.74) is 0. The van der Waals surface area contributed by atoms with Crippen molar-refractivity contribution in [1.82, 2.24) is 10.6 Å². The van der Waals surface area contributed by atoms with E-state index in [0.717, 1.165) is 31.8 Å². The molecule has 8 heteroatoms. The summed E-state index contributed by atoms with van der Waals surface area (Å²) >= 11 is 0. The van der Waals surface area contributed by atoms with E-state index in [2.05, 4.69) is 29.5 Å². The normalized spacial score (nSPS) is 21.4. The van der Waals surface area contributed by atoms with Crippen molar-refractivity contribution in [3.05, 3.63) is 0 Å². The number of hydrogen-bond acceptors (Lipinski definition) is 4. The monoisotopic (exact) mass is 475 g/mol. The lowest BCUT2D eigenvalue weighted by Crippen LogP contribution is -2.40. The van der Waals surface area contributed by atoms with Crippen LogP contribution in [0.5, 0.6) is 0 Å². The second-order valence-electron chi connectivity index (χ2n) is 6.88. The summed E-state index contributed by atoms with van der Waals surface area (Å²) in [6.45, 7) is 8.64. The van der Waals surface area contributed by atoms with Crippen LogP contribution in [-0.4, -0.2) is 57.2 Å². The zero-order chi connectivity index (χ0) is 17.3. The van der Waals surface area contributed by atoms with Crippen LogP contribution in [0.4, 0.5) is 0 Å².